The van der Waals surface area contributed by atoms with Crippen molar-refractivity contribution >= 4 is 28.3 Å². The van der Waals surface area contributed by atoms with Crippen molar-refractivity contribution in [3.05, 3.63) is 5.01 Å². The van der Waals surface area contributed by atoms with Gasteiger partial charge in [-0.15, -0.1) is 10.2 Å². The molecule has 8 heteroatoms. The van der Waals surface area contributed by atoms with E-state index in [0.29, 0.717) is 23.2 Å². The van der Waals surface area contributed by atoms with Crippen molar-refractivity contribution in [2.75, 3.05) is 11.9 Å². The summed E-state index contributed by atoms with van der Waals surface area (Å²) in [5, 5.41) is 19.2. The van der Waals surface area contributed by atoms with Gasteiger partial charge in [0.25, 0.3) is 5.91 Å². The molecule has 92 valence electrons. The average Bonchev–Trinajstić information content (AvgIpc) is 2.87. The Kier molecular flexibility index (Phi) is 3.64. The number of hydrogen-bond acceptors (Lipinski definition) is 6. The van der Waals surface area contributed by atoms with E-state index in [-0.39, 0.29) is 12.3 Å². The third-order valence-corrected chi connectivity index (χ3v) is 3.06. The standard InChI is InChI=1S/C9H11N3O4S/c13-7(14)4-6-11-12-9(17-6)10-8(15)5-2-1-3-16-5/h5H,1-4H2,(H,13,14)(H,10,12,15). The summed E-state index contributed by atoms with van der Waals surface area (Å²) < 4.78 is 5.21. The highest BCUT2D eigenvalue weighted by atomic mass is 32.1. The quantitative estimate of drug-likeness (QED) is 0.803. The number of carboxylic acids is 1. The van der Waals surface area contributed by atoms with Crippen molar-refractivity contribution in [1.29, 1.82) is 0 Å². The topological polar surface area (TPSA) is 101 Å². The van der Waals surface area contributed by atoms with E-state index < -0.39 is 12.1 Å². The van der Waals surface area contributed by atoms with Gasteiger partial charge in [0.2, 0.25) is 5.13 Å². The highest BCUT2D eigenvalue weighted by Crippen LogP contribution is 2.18. The zero-order chi connectivity index (χ0) is 12.3. The molecule has 0 radical (unpaired) electrons. The maximum Gasteiger partial charge on any atom is 0.310 e. The molecular weight excluding hydrogens is 246 g/mol. The maximum atomic E-state index is 11.6. The van der Waals surface area contributed by atoms with Gasteiger partial charge in [0.15, 0.2) is 0 Å². The fourth-order valence-corrected chi connectivity index (χ4v) is 2.21. The Morgan fingerprint density at radius 2 is 2.35 bits per heavy atom. The predicted molar refractivity (Wildman–Crippen MR) is 58.9 cm³/mol. The molecule has 2 heterocycles. The lowest BCUT2D eigenvalue weighted by Crippen LogP contribution is -2.26. The molecule has 1 aliphatic heterocycles. The fourth-order valence-electron chi connectivity index (χ4n) is 1.48. The molecule has 1 atom stereocenters. The van der Waals surface area contributed by atoms with Gasteiger partial charge in [-0.25, -0.2) is 0 Å². The summed E-state index contributed by atoms with van der Waals surface area (Å²) in [5.74, 6) is -1.22. The molecule has 1 aliphatic rings. The van der Waals surface area contributed by atoms with E-state index in [1.54, 1.807) is 0 Å². The summed E-state index contributed by atoms with van der Waals surface area (Å²) in [6, 6.07) is 0. The Morgan fingerprint density at radius 1 is 1.53 bits per heavy atom. The van der Waals surface area contributed by atoms with Gasteiger partial charge in [0.1, 0.15) is 11.1 Å². The number of aliphatic carboxylic acids is 1. The second-order valence-corrected chi connectivity index (χ2v) is 4.62. The van der Waals surface area contributed by atoms with Gasteiger partial charge < -0.3 is 9.84 Å². The van der Waals surface area contributed by atoms with Crippen LogP contribution in [0.2, 0.25) is 0 Å². The Hall–Kier alpha value is -1.54. The molecular formula is C9H11N3O4S. The van der Waals surface area contributed by atoms with E-state index in [4.69, 9.17) is 9.84 Å². The number of anilines is 1. The minimum Gasteiger partial charge on any atom is -0.481 e. The van der Waals surface area contributed by atoms with Crippen LogP contribution < -0.4 is 5.32 Å². The second-order valence-electron chi connectivity index (χ2n) is 3.56. The third-order valence-electron chi connectivity index (χ3n) is 2.22. The molecule has 0 aromatic carbocycles. The molecule has 0 aliphatic carbocycles. The average molecular weight is 257 g/mol. The zero-order valence-corrected chi connectivity index (χ0v) is 9.70. The summed E-state index contributed by atoms with van der Waals surface area (Å²) >= 11 is 1.06. The maximum absolute atomic E-state index is 11.6. The van der Waals surface area contributed by atoms with Crippen LogP contribution in [0.3, 0.4) is 0 Å². The monoisotopic (exact) mass is 257 g/mol. The highest BCUT2D eigenvalue weighted by Gasteiger charge is 2.24. The van der Waals surface area contributed by atoms with Crippen LogP contribution >= 0.6 is 11.3 Å². The van der Waals surface area contributed by atoms with E-state index in [1.165, 1.54) is 0 Å². The van der Waals surface area contributed by atoms with Crippen LogP contribution in [0.5, 0.6) is 0 Å². The van der Waals surface area contributed by atoms with Crippen LogP contribution in [0.4, 0.5) is 5.13 Å². The van der Waals surface area contributed by atoms with Crippen molar-refractivity contribution < 1.29 is 19.4 Å². The Labute approximate surface area is 101 Å². The molecule has 1 amide bonds. The van der Waals surface area contributed by atoms with Crippen LogP contribution in [0.1, 0.15) is 17.8 Å². The van der Waals surface area contributed by atoms with Crippen molar-refractivity contribution in [3.63, 3.8) is 0 Å². The molecule has 0 saturated carbocycles. The molecule has 2 N–H and O–H groups in total. The molecule has 0 bridgehead atoms. The molecule has 7 nitrogen and oxygen atoms in total. The number of carbonyl (C=O) groups is 2. The van der Waals surface area contributed by atoms with Gasteiger partial charge in [-0.05, 0) is 12.8 Å². The first kappa shape index (κ1) is 11.9. The van der Waals surface area contributed by atoms with Crippen molar-refractivity contribution in [2.24, 2.45) is 0 Å². The largest absolute Gasteiger partial charge is 0.481 e. The number of carbonyl (C=O) groups excluding carboxylic acids is 1. The predicted octanol–water partition coefficient (Wildman–Crippen LogP) is 0.283. The van der Waals surface area contributed by atoms with Crippen LogP contribution in [0, 0.1) is 0 Å². The number of nitrogens with one attached hydrogen (secondary N) is 1. The first-order valence-electron chi connectivity index (χ1n) is 5.12. The van der Waals surface area contributed by atoms with Crippen molar-refractivity contribution in [2.45, 2.75) is 25.4 Å². The summed E-state index contributed by atoms with van der Waals surface area (Å²) in [4.78, 5) is 22.1. The van der Waals surface area contributed by atoms with Crippen molar-refractivity contribution in [1.82, 2.24) is 10.2 Å². The molecule has 17 heavy (non-hydrogen) atoms. The SMILES string of the molecule is O=C(O)Cc1nnc(NC(=O)C2CCCO2)s1. The minimum absolute atomic E-state index is 0.187. The summed E-state index contributed by atoms with van der Waals surface area (Å²) in [7, 11) is 0. The Balaban J connectivity index is 1.91. The first-order chi connectivity index (χ1) is 8.15. The van der Waals surface area contributed by atoms with E-state index in [9.17, 15) is 9.59 Å². The third kappa shape index (κ3) is 3.21. The number of aromatic nitrogens is 2. The van der Waals surface area contributed by atoms with E-state index in [2.05, 4.69) is 15.5 Å². The normalized spacial score (nSPS) is 19.2. The first-order valence-corrected chi connectivity index (χ1v) is 5.93. The molecule has 0 spiro atoms. The molecule has 1 aromatic rings. The van der Waals surface area contributed by atoms with Gasteiger partial charge in [0, 0.05) is 6.61 Å². The van der Waals surface area contributed by atoms with Crippen LogP contribution in [0.15, 0.2) is 0 Å². The Bertz CT molecular complexity index is 428. The van der Waals surface area contributed by atoms with Crippen LogP contribution in [-0.4, -0.2) is 39.9 Å². The molecule has 1 unspecified atom stereocenters. The molecule has 2 rings (SSSR count). The van der Waals surface area contributed by atoms with E-state index in [1.807, 2.05) is 0 Å². The molecule has 1 saturated heterocycles. The smallest absolute Gasteiger partial charge is 0.310 e. The lowest BCUT2D eigenvalue weighted by atomic mass is 10.2. The fraction of sp³-hybridized carbons (Fsp3) is 0.556. The number of amides is 1. The van der Waals surface area contributed by atoms with Gasteiger partial charge in [-0.1, -0.05) is 11.3 Å². The van der Waals surface area contributed by atoms with E-state index in [0.717, 1.165) is 17.8 Å². The van der Waals surface area contributed by atoms with Gasteiger partial charge >= 0.3 is 5.97 Å². The number of hydrogen-bond donors (Lipinski definition) is 2. The number of nitrogens with zero attached hydrogens (tertiary/aromatic N) is 2. The Morgan fingerprint density at radius 3 is 3.00 bits per heavy atom. The number of ether oxygens (including phenoxy) is 1. The lowest BCUT2D eigenvalue weighted by molar-refractivity contribution is -0.136. The van der Waals surface area contributed by atoms with Crippen molar-refractivity contribution in [3.8, 4) is 0 Å². The second kappa shape index (κ2) is 5.19. The van der Waals surface area contributed by atoms with Crippen LogP contribution in [-0.2, 0) is 20.7 Å². The molecule has 1 fully saturated rings. The zero-order valence-electron chi connectivity index (χ0n) is 8.88. The molecule has 1 aromatic heterocycles. The number of rotatable bonds is 4. The van der Waals surface area contributed by atoms with E-state index >= 15 is 0 Å². The number of carboxylic acid groups (broad SMARTS) is 1. The highest BCUT2D eigenvalue weighted by molar-refractivity contribution is 7.15. The minimum atomic E-state index is -0.974. The summed E-state index contributed by atoms with van der Waals surface area (Å²) in [6.07, 6.45) is 0.959. The lowest BCUT2D eigenvalue weighted by Gasteiger charge is -2.06. The summed E-state index contributed by atoms with van der Waals surface area (Å²) in [6.45, 7) is 0.596. The van der Waals surface area contributed by atoms with Crippen LogP contribution in [0.25, 0.3) is 0 Å². The van der Waals surface area contributed by atoms with Gasteiger partial charge in [-0.2, -0.15) is 0 Å². The van der Waals surface area contributed by atoms with Gasteiger partial charge in [0.05, 0.1) is 6.42 Å². The summed E-state index contributed by atoms with van der Waals surface area (Å²) in [5.41, 5.74) is 0. The van der Waals surface area contributed by atoms with Gasteiger partial charge in [-0.3, -0.25) is 14.9 Å².